The Kier molecular flexibility index (Phi) is 6.68. The van der Waals surface area contributed by atoms with Gasteiger partial charge in [0, 0.05) is 43.6 Å². The van der Waals surface area contributed by atoms with Gasteiger partial charge in [-0.1, -0.05) is 18.2 Å². The molecule has 1 fully saturated rings. The summed E-state index contributed by atoms with van der Waals surface area (Å²) in [5, 5.41) is 14.6. The van der Waals surface area contributed by atoms with E-state index in [-0.39, 0.29) is 30.6 Å². The molecule has 1 aliphatic rings. The summed E-state index contributed by atoms with van der Waals surface area (Å²) in [5.74, 6) is -0.723. The first kappa shape index (κ1) is 25.2. The highest BCUT2D eigenvalue weighted by atomic mass is 16.5. The molecule has 4 heterocycles. The van der Waals surface area contributed by atoms with Crippen LogP contribution in [0.25, 0.3) is 16.7 Å². The number of carbonyl (C=O) groups excluding carboxylic acids is 3. The fraction of sp³-hybridized carbons (Fsp3) is 0.296. The molecule has 0 bridgehead atoms. The zero-order chi connectivity index (χ0) is 27.0. The number of nitrogens with zero attached hydrogens (tertiary/aromatic N) is 5. The first-order valence-corrected chi connectivity index (χ1v) is 12.3. The lowest BCUT2D eigenvalue weighted by atomic mass is 10.1. The van der Waals surface area contributed by atoms with Crippen LogP contribution in [0.4, 0.5) is 0 Å². The smallest absolute Gasteiger partial charge is 0.295 e. The minimum absolute atomic E-state index is 0.102. The fourth-order valence-electron chi connectivity index (χ4n) is 4.74. The van der Waals surface area contributed by atoms with E-state index in [4.69, 9.17) is 4.74 Å². The van der Waals surface area contributed by atoms with Crippen LogP contribution in [0.5, 0.6) is 5.75 Å². The number of hydrogen-bond donors (Lipinski definition) is 2. The highest BCUT2D eigenvalue weighted by molar-refractivity contribution is 6.45. The molecule has 0 spiro atoms. The molecule has 2 amide bonds. The Hall–Kier alpha value is -4.51. The van der Waals surface area contributed by atoms with Crippen molar-refractivity contribution in [1.29, 1.82) is 0 Å². The van der Waals surface area contributed by atoms with Crippen LogP contribution in [0.3, 0.4) is 0 Å². The van der Waals surface area contributed by atoms with Crippen molar-refractivity contribution in [3.8, 4) is 11.6 Å². The van der Waals surface area contributed by atoms with Crippen LogP contribution in [0, 0.1) is 0 Å². The number of pyridine rings is 1. The number of ketones is 1. The maximum Gasteiger partial charge on any atom is 0.295 e. The van der Waals surface area contributed by atoms with E-state index in [0.717, 1.165) is 0 Å². The number of carbonyl (C=O) groups is 3. The molecule has 0 aliphatic carbocycles. The molecule has 4 aromatic rings. The van der Waals surface area contributed by atoms with Crippen molar-refractivity contribution in [2.24, 2.45) is 0 Å². The van der Waals surface area contributed by atoms with Crippen molar-refractivity contribution in [2.75, 3.05) is 26.7 Å². The van der Waals surface area contributed by atoms with Crippen molar-refractivity contribution >= 4 is 28.5 Å². The van der Waals surface area contributed by atoms with Crippen LogP contribution in [-0.4, -0.2) is 85.0 Å². The van der Waals surface area contributed by atoms with Gasteiger partial charge in [-0.2, -0.15) is 5.10 Å². The van der Waals surface area contributed by atoms with Crippen LogP contribution in [0.15, 0.2) is 55.0 Å². The summed E-state index contributed by atoms with van der Waals surface area (Å²) < 4.78 is 6.95. The number of hydrogen-bond acceptors (Lipinski definition) is 7. The zero-order valence-electron chi connectivity index (χ0n) is 21.3. The predicted molar refractivity (Wildman–Crippen MR) is 138 cm³/mol. The second-order valence-corrected chi connectivity index (χ2v) is 9.26. The van der Waals surface area contributed by atoms with Crippen LogP contribution >= 0.6 is 0 Å². The van der Waals surface area contributed by atoms with E-state index >= 15 is 0 Å². The molecular formula is C27H28N6O5. The number of aliphatic hydroxyl groups excluding tert-OH is 1. The van der Waals surface area contributed by atoms with Gasteiger partial charge in [0.05, 0.1) is 41.6 Å². The van der Waals surface area contributed by atoms with Gasteiger partial charge in [0.25, 0.3) is 17.6 Å². The largest absolute Gasteiger partial charge is 0.494 e. The molecule has 11 nitrogen and oxygen atoms in total. The molecule has 1 saturated heterocycles. The lowest BCUT2D eigenvalue weighted by Crippen LogP contribution is -2.56. The van der Waals surface area contributed by atoms with E-state index in [0.29, 0.717) is 40.3 Å². The molecular weight excluding hydrogens is 488 g/mol. The van der Waals surface area contributed by atoms with Crippen molar-refractivity contribution in [2.45, 2.75) is 26.0 Å². The summed E-state index contributed by atoms with van der Waals surface area (Å²) in [6.45, 7) is 4.28. The topological polar surface area (TPSA) is 134 Å². The summed E-state index contributed by atoms with van der Waals surface area (Å²) in [5.41, 5.74) is 1.67. The van der Waals surface area contributed by atoms with Crippen LogP contribution in [0.2, 0.25) is 0 Å². The number of methoxy groups -OCH3 is 1. The Labute approximate surface area is 218 Å². The van der Waals surface area contributed by atoms with Crippen molar-refractivity contribution in [1.82, 2.24) is 29.5 Å². The van der Waals surface area contributed by atoms with E-state index in [2.05, 4.69) is 15.1 Å². The molecule has 38 heavy (non-hydrogen) atoms. The normalized spacial score (nSPS) is 16.5. The summed E-state index contributed by atoms with van der Waals surface area (Å²) in [4.78, 5) is 50.4. The zero-order valence-corrected chi connectivity index (χ0v) is 21.3. The number of amides is 2. The van der Waals surface area contributed by atoms with Gasteiger partial charge in [0.1, 0.15) is 5.75 Å². The highest BCUT2D eigenvalue weighted by Gasteiger charge is 2.34. The summed E-state index contributed by atoms with van der Waals surface area (Å²) >= 11 is 0. The number of aliphatic hydroxyl groups is 1. The Morgan fingerprint density at radius 3 is 2.58 bits per heavy atom. The third kappa shape index (κ3) is 4.41. The van der Waals surface area contributed by atoms with Gasteiger partial charge in [0.15, 0.2) is 5.82 Å². The van der Waals surface area contributed by atoms with Gasteiger partial charge in [-0.3, -0.25) is 14.4 Å². The standard InChI is InChI=1S/C27H28N6O5/c1-16-15-31(11-12-32(16)26(36)18-7-5-4-6-8-18)27(37)24(35)19-13-28-23-22(19)21(38-3)14-29-25(23)33-10-9-20(30-33)17(2)34/h4-10,13-14,16-17,28,34H,11-12,15H2,1-3H3. The minimum atomic E-state index is -0.755. The maximum atomic E-state index is 13.4. The van der Waals surface area contributed by atoms with E-state index < -0.39 is 17.8 Å². The van der Waals surface area contributed by atoms with Crippen LogP contribution in [0.1, 0.15) is 46.4 Å². The number of piperazine rings is 1. The third-order valence-electron chi connectivity index (χ3n) is 6.76. The molecule has 5 rings (SSSR count). The molecule has 2 unspecified atom stereocenters. The molecule has 2 N–H and O–H groups in total. The molecule has 1 aromatic carbocycles. The molecule has 196 valence electrons. The van der Waals surface area contributed by atoms with Crippen molar-refractivity contribution in [3.05, 3.63) is 71.8 Å². The quantitative estimate of drug-likeness (QED) is 0.297. The molecule has 0 radical (unpaired) electrons. The minimum Gasteiger partial charge on any atom is -0.494 e. The van der Waals surface area contributed by atoms with Gasteiger partial charge in [-0.25, -0.2) is 9.67 Å². The number of nitrogens with one attached hydrogen (secondary N) is 1. The number of benzene rings is 1. The molecule has 1 aliphatic heterocycles. The van der Waals surface area contributed by atoms with Crippen LogP contribution in [-0.2, 0) is 4.79 Å². The average Bonchev–Trinajstić information content (AvgIpc) is 3.60. The van der Waals surface area contributed by atoms with E-state index in [1.807, 2.05) is 25.1 Å². The van der Waals surface area contributed by atoms with Gasteiger partial charge in [-0.15, -0.1) is 0 Å². The van der Waals surface area contributed by atoms with E-state index in [1.54, 1.807) is 36.2 Å². The second kappa shape index (κ2) is 10.1. The molecule has 11 heteroatoms. The first-order chi connectivity index (χ1) is 18.3. The SMILES string of the molecule is COc1cnc(-n2ccc(C(C)O)n2)c2[nH]cc(C(=O)C(=O)N3CCN(C(=O)c4ccccc4)C(C)C3)c12. The van der Waals surface area contributed by atoms with Crippen molar-refractivity contribution < 1.29 is 24.2 Å². The predicted octanol–water partition coefficient (Wildman–Crippen LogP) is 2.37. The van der Waals surface area contributed by atoms with Crippen molar-refractivity contribution in [3.63, 3.8) is 0 Å². The summed E-state index contributed by atoms with van der Waals surface area (Å²) in [6.07, 6.45) is 3.83. The average molecular weight is 517 g/mol. The number of rotatable bonds is 6. The Morgan fingerprint density at radius 1 is 1.16 bits per heavy atom. The summed E-state index contributed by atoms with van der Waals surface area (Å²) in [7, 11) is 1.46. The number of H-pyrrole nitrogens is 1. The maximum absolute atomic E-state index is 13.4. The fourth-order valence-corrected chi connectivity index (χ4v) is 4.74. The molecule has 2 atom stereocenters. The lowest BCUT2D eigenvalue weighted by Gasteiger charge is -2.39. The number of aromatic amines is 1. The van der Waals surface area contributed by atoms with Gasteiger partial charge < -0.3 is 24.6 Å². The first-order valence-electron chi connectivity index (χ1n) is 12.3. The van der Waals surface area contributed by atoms with Gasteiger partial charge in [-0.05, 0) is 32.0 Å². The Balaban J connectivity index is 1.39. The van der Waals surface area contributed by atoms with Gasteiger partial charge >= 0.3 is 0 Å². The van der Waals surface area contributed by atoms with Gasteiger partial charge in [0.2, 0.25) is 0 Å². The van der Waals surface area contributed by atoms with E-state index in [1.165, 1.54) is 29.1 Å². The Bertz CT molecular complexity index is 1510. The molecule has 3 aromatic heterocycles. The number of Topliss-reactive ketones (excluding diaryl/α,β-unsaturated/α-hetero) is 1. The summed E-state index contributed by atoms with van der Waals surface area (Å²) in [6, 6.07) is 10.4. The monoisotopic (exact) mass is 516 g/mol. The third-order valence-corrected chi connectivity index (χ3v) is 6.76. The van der Waals surface area contributed by atoms with Crippen LogP contribution < -0.4 is 4.74 Å². The highest BCUT2D eigenvalue weighted by Crippen LogP contribution is 2.32. The number of aromatic nitrogens is 4. The Morgan fingerprint density at radius 2 is 1.92 bits per heavy atom. The number of fused-ring (bicyclic) bond motifs is 1. The second-order valence-electron chi connectivity index (χ2n) is 9.26. The number of ether oxygens (including phenoxy) is 1. The van der Waals surface area contributed by atoms with E-state index in [9.17, 15) is 19.5 Å². The lowest BCUT2D eigenvalue weighted by molar-refractivity contribution is -0.128. The molecule has 0 saturated carbocycles.